The largest absolute Gasteiger partial charge is 0.481 e. The van der Waals surface area contributed by atoms with Crippen molar-refractivity contribution in [3.05, 3.63) is 66.0 Å². The number of aromatic nitrogens is 7. The van der Waals surface area contributed by atoms with Crippen LogP contribution >= 0.6 is 0 Å². The van der Waals surface area contributed by atoms with Gasteiger partial charge >= 0.3 is 6.18 Å². The summed E-state index contributed by atoms with van der Waals surface area (Å²) in [7, 11) is 1.32. The molecule has 0 radical (unpaired) electrons. The van der Waals surface area contributed by atoms with E-state index in [-0.39, 0.29) is 28.6 Å². The summed E-state index contributed by atoms with van der Waals surface area (Å²) in [5, 5.41) is 23.2. The summed E-state index contributed by atoms with van der Waals surface area (Å²) < 4.78 is 47.1. The van der Waals surface area contributed by atoms with E-state index in [2.05, 4.69) is 30.6 Å². The lowest BCUT2D eigenvalue weighted by atomic mass is 10.2. The molecule has 1 N–H and O–H groups in total. The number of anilines is 1. The Labute approximate surface area is 183 Å². The molecule has 4 heterocycles. The van der Waals surface area contributed by atoms with Crippen LogP contribution in [0.3, 0.4) is 0 Å². The molecule has 0 unspecified atom stereocenters. The van der Waals surface area contributed by atoms with Crippen LogP contribution in [0.15, 0.2) is 49.2 Å². The lowest BCUT2D eigenvalue weighted by Crippen LogP contribution is -2.21. The number of carbonyl (C=O) groups excluding carboxylic acids is 1. The van der Waals surface area contributed by atoms with Gasteiger partial charge in [0.25, 0.3) is 5.91 Å². The number of nitrogens with one attached hydrogen (secondary N) is 1. The van der Waals surface area contributed by atoms with Crippen LogP contribution in [0.5, 0.6) is 5.88 Å². The van der Waals surface area contributed by atoms with Gasteiger partial charge in [0.05, 0.1) is 48.8 Å². The second kappa shape index (κ2) is 8.38. The van der Waals surface area contributed by atoms with E-state index in [4.69, 9.17) is 4.74 Å². The van der Waals surface area contributed by atoms with Gasteiger partial charge in [-0.2, -0.15) is 33.7 Å². The minimum atomic E-state index is -4.91. The fourth-order valence-electron chi connectivity index (χ4n) is 2.92. The number of nitriles is 1. The van der Waals surface area contributed by atoms with Crippen LogP contribution in [0.25, 0.3) is 11.5 Å². The van der Waals surface area contributed by atoms with Gasteiger partial charge in [0.2, 0.25) is 5.88 Å². The number of halogens is 3. The molecule has 4 aromatic rings. The van der Waals surface area contributed by atoms with E-state index >= 15 is 0 Å². The summed E-state index contributed by atoms with van der Waals surface area (Å²) in [5.41, 5.74) is -2.02. The maximum atomic E-state index is 13.9. The summed E-state index contributed by atoms with van der Waals surface area (Å²) in [6.07, 6.45) is 1.07. The van der Waals surface area contributed by atoms with Crippen molar-refractivity contribution in [2.24, 2.45) is 0 Å². The minimum absolute atomic E-state index is 0.000351. The van der Waals surface area contributed by atoms with Crippen LogP contribution in [0.1, 0.15) is 21.6 Å². The van der Waals surface area contributed by atoms with Crippen molar-refractivity contribution < 1.29 is 22.7 Å². The van der Waals surface area contributed by atoms with Crippen molar-refractivity contribution in [1.82, 2.24) is 34.7 Å². The van der Waals surface area contributed by atoms with E-state index in [1.807, 2.05) is 6.07 Å². The molecule has 0 aliphatic carbocycles. The predicted octanol–water partition coefficient (Wildman–Crippen LogP) is 2.39. The topological polar surface area (TPSA) is 136 Å². The van der Waals surface area contributed by atoms with E-state index in [1.54, 1.807) is 0 Å². The Hall–Kier alpha value is -4.80. The van der Waals surface area contributed by atoms with E-state index in [0.717, 1.165) is 11.0 Å². The molecule has 0 saturated heterocycles. The number of amides is 1. The summed E-state index contributed by atoms with van der Waals surface area (Å²) >= 11 is 0. The summed E-state index contributed by atoms with van der Waals surface area (Å²) in [5.74, 6) is -0.926. The van der Waals surface area contributed by atoms with E-state index in [0.29, 0.717) is 4.68 Å². The molecule has 4 aromatic heterocycles. The molecule has 0 atom stereocenters. The fraction of sp³-hybridized carbons (Fsp3) is 0.105. The van der Waals surface area contributed by atoms with Crippen LogP contribution in [-0.2, 0) is 6.18 Å². The lowest BCUT2D eigenvalue weighted by molar-refractivity contribution is -0.143. The van der Waals surface area contributed by atoms with Crippen LogP contribution in [0, 0.1) is 11.3 Å². The molecule has 33 heavy (non-hydrogen) atoms. The number of nitrogens with zero attached hydrogens (tertiary/aromatic N) is 8. The first-order valence-electron chi connectivity index (χ1n) is 9.05. The highest BCUT2D eigenvalue weighted by atomic mass is 19.4. The first-order valence-corrected chi connectivity index (χ1v) is 9.05. The van der Waals surface area contributed by atoms with E-state index < -0.39 is 23.3 Å². The predicted molar refractivity (Wildman–Crippen MR) is 105 cm³/mol. The average molecular weight is 455 g/mol. The lowest BCUT2D eigenvalue weighted by Gasteiger charge is -2.13. The number of hydrogen-bond acceptors (Lipinski definition) is 8. The molecule has 11 nitrogen and oxygen atoms in total. The number of hydrogen-bond donors (Lipinski definition) is 1. The Morgan fingerprint density at radius 1 is 1.12 bits per heavy atom. The van der Waals surface area contributed by atoms with Crippen molar-refractivity contribution >= 4 is 11.6 Å². The van der Waals surface area contributed by atoms with Gasteiger partial charge in [-0.15, -0.1) is 4.80 Å². The second-order valence-electron chi connectivity index (χ2n) is 6.35. The van der Waals surface area contributed by atoms with Gasteiger partial charge in [0.1, 0.15) is 11.6 Å². The van der Waals surface area contributed by atoms with Crippen LogP contribution in [-0.4, -0.2) is 47.8 Å². The van der Waals surface area contributed by atoms with Gasteiger partial charge < -0.3 is 10.1 Å². The zero-order valence-corrected chi connectivity index (χ0v) is 16.6. The van der Waals surface area contributed by atoms with E-state index in [9.17, 15) is 23.2 Å². The van der Waals surface area contributed by atoms with Gasteiger partial charge in [-0.3, -0.25) is 4.79 Å². The smallest absolute Gasteiger partial charge is 0.434 e. The van der Waals surface area contributed by atoms with Crippen molar-refractivity contribution in [3.63, 3.8) is 0 Å². The van der Waals surface area contributed by atoms with Gasteiger partial charge in [-0.25, -0.2) is 14.6 Å². The zero-order chi connectivity index (χ0) is 23.6. The molecular formula is C19H12F3N9O2. The number of methoxy groups -OCH3 is 1. The van der Waals surface area contributed by atoms with Crippen LogP contribution < -0.4 is 10.1 Å². The Morgan fingerprint density at radius 3 is 2.55 bits per heavy atom. The molecule has 4 rings (SSSR count). The highest BCUT2D eigenvalue weighted by molar-refractivity contribution is 6.05. The van der Waals surface area contributed by atoms with Crippen LogP contribution in [0.2, 0.25) is 0 Å². The molecule has 14 heteroatoms. The Morgan fingerprint density at radius 2 is 1.88 bits per heavy atom. The number of rotatable bonds is 5. The third kappa shape index (κ3) is 4.19. The monoisotopic (exact) mass is 455 g/mol. The van der Waals surface area contributed by atoms with Crippen molar-refractivity contribution in [1.29, 1.82) is 5.26 Å². The molecule has 0 saturated carbocycles. The number of alkyl halides is 3. The number of pyridine rings is 2. The maximum absolute atomic E-state index is 13.9. The minimum Gasteiger partial charge on any atom is -0.481 e. The molecule has 0 spiro atoms. The Bertz CT molecular complexity index is 1360. The third-order valence-electron chi connectivity index (χ3n) is 4.31. The molecule has 1 amide bonds. The second-order valence-corrected chi connectivity index (χ2v) is 6.35. The third-order valence-corrected chi connectivity index (χ3v) is 4.31. The first kappa shape index (κ1) is 21.4. The quantitative estimate of drug-likeness (QED) is 0.484. The summed E-state index contributed by atoms with van der Waals surface area (Å²) in [6.45, 7) is 0. The number of ether oxygens (including phenoxy) is 1. The van der Waals surface area contributed by atoms with Gasteiger partial charge in [-0.1, -0.05) is 0 Å². The van der Waals surface area contributed by atoms with E-state index in [1.165, 1.54) is 50.1 Å². The van der Waals surface area contributed by atoms with Gasteiger partial charge in [0, 0.05) is 12.3 Å². The normalized spacial score (nSPS) is 11.1. The van der Waals surface area contributed by atoms with Gasteiger partial charge in [-0.05, 0) is 12.1 Å². The zero-order valence-electron chi connectivity index (χ0n) is 16.6. The molecule has 0 aliphatic heterocycles. The number of carbonyl (C=O) groups is 1. The molecular weight excluding hydrogens is 443 g/mol. The average Bonchev–Trinajstić information content (AvgIpc) is 3.49. The maximum Gasteiger partial charge on any atom is 0.434 e. The Balaban J connectivity index is 1.69. The standard InChI is InChI=1S/C19H12F3N9O2/c1-33-15-7-13(2-3-24-15)30-16(19(20,21)22)14(10-28-30)18(32)29-12-6-11(8-23)17(25-9-12)31-26-4-5-27-31/h2-7,9-10H,1H3,(H,29,32). The van der Waals surface area contributed by atoms with Gasteiger partial charge in [0.15, 0.2) is 11.5 Å². The SMILES string of the molecule is COc1cc(-n2ncc(C(=O)Nc3cnc(-n4nccn4)c(C#N)c3)c2C(F)(F)F)ccn1. The first-order chi connectivity index (χ1) is 15.8. The summed E-state index contributed by atoms with van der Waals surface area (Å²) in [6, 6.07) is 5.66. The fourth-order valence-corrected chi connectivity index (χ4v) is 2.92. The molecule has 0 bridgehead atoms. The van der Waals surface area contributed by atoms with Crippen molar-refractivity contribution in [3.8, 4) is 23.5 Å². The van der Waals surface area contributed by atoms with Crippen molar-refractivity contribution in [2.45, 2.75) is 6.18 Å². The molecule has 0 aliphatic rings. The van der Waals surface area contributed by atoms with Crippen molar-refractivity contribution in [2.75, 3.05) is 12.4 Å². The molecule has 0 aromatic carbocycles. The molecule has 0 fully saturated rings. The Kier molecular flexibility index (Phi) is 5.44. The molecule has 166 valence electrons. The highest BCUT2D eigenvalue weighted by Gasteiger charge is 2.40. The highest BCUT2D eigenvalue weighted by Crippen LogP contribution is 2.34. The summed E-state index contributed by atoms with van der Waals surface area (Å²) in [4.78, 5) is 21.7. The van der Waals surface area contributed by atoms with Crippen LogP contribution in [0.4, 0.5) is 18.9 Å².